The van der Waals surface area contributed by atoms with Gasteiger partial charge in [-0.3, -0.25) is 4.79 Å². The fourth-order valence-corrected chi connectivity index (χ4v) is 3.54. The molecule has 3 aliphatic carbocycles. The minimum atomic E-state index is -4.47. The van der Waals surface area contributed by atoms with Gasteiger partial charge in [-0.15, -0.1) is 0 Å². The summed E-state index contributed by atoms with van der Waals surface area (Å²) in [5, 5.41) is 2.86. The first-order valence-electron chi connectivity index (χ1n) is 5.99. The summed E-state index contributed by atoms with van der Waals surface area (Å²) in [4.78, 5) is 12.1. The molecule has 0 unspecified atom stereocenters. The first-order valence-corrected chi connectivity index (χ1v) is 6.78. The Hall–Kier alpha value is -1.04. The number of alkyl halides is 3. The van der Waals surface area contributed by atoms with E-state index in [0.717, 1.165) is 25.3 Å². The van der Waals surface area contributed by atoms with Gasteiger partial charge in [-0.2, -0.15) is 13.2 Å². The number of amides is 1. The Kier molecular flexibility index (Phi) is 2.71. The van der Waals surface area contributed by atoms with Crippen LogP contribution < -0.4 is 5.32 Å². The molecule has 0 heterocycles. The van der Waals surface area contributed by atoms with E-state index in [9.17, 15) is 18.0 Å². The summed E-state index contributed by atoms with van der Waals surface area (Å²) >= 11 is 2.90. The maximum Gasteiger partial charge on any atom is 0.417 e. The van der Waals surface area contributed by atoms with Crippen LogP contribution in [0.4, 0.5) is 13.2 Å². The smallest absolute Gasteiger partial charge is 0.347 e. The van der Waals surface area contributed by atoms with Crippen molar-refractivity contribution in [3.8, 4) is 0 Å². The Morgan fingerprint density at radius 1 is 1.32 bits per heavy atom. The number of carbonyl (C=O) groups excluding carboxylic acids is 1. The fraction of sp³-hybridized carbons (Fsp3) is 0.462. The molecule has 0 atom stereocenters. The molecule has 3 fully saturated rings. The van der Waals surface area contributed by atoms with E-state index in [-0.39, 0.29) is 15.6 Å². The van der Waals surface area contributed by atoms with Gasteiger partial charge in [-0.1, -0.05) is 6.07 Å². The Morgan fingerprint density at radius 2 is 1.95 bits per heavy atom. The Balaban J connectivity index is 1.85. The molecule has 102 valence electrons. The van der Waals surface area contributed by atoms with Gasteiger partial charge in [0.25, 0.3) is 5.91 Å². The second-order valence-electron chi connectivity index (χ2n) is 5.38. The summed E-state index contributed by atoms with van der Waals surface area (Å²) in [6, 6.07) is 3.62. The molecule has 3 aliphatic rings. The highest BCUT2D eigenvalue weighted by Gasteiger charge is 2.57. The topological polar surface area (TPSA) is 29.1 Å². The molecule has 0 aliphatic heterocycles. The molecule has 0 saturated heterocycles. The Morgan fingerprint density at radius 3 is 2.42 bits per heavy atom. The van der Waals surface area contributed by atoms with Crippen LogP contribution in [0.15, 0.2) is 22.7 Å². The molecule has 19 heavy (non-hydrogen) atoms. The van der Waals surface area contributed by atoms with Crippen molar-refractivity contribution in [3.05, 3.63) is 33.8 Å². The van der Waals surface area contributed by atoms with Crippen LogP contribution in [0.2, 0.25) is 0 Å². The molecule has 4 rings (SSSR count). The predicted octanol–water partition coefficient (Wildman–Crippen LogP) is 3.75. The van der Waals surface area contributed by atoms with Gasteiger partial charge in [0.1, 0.15) is 0 Å². The number of benzene rings is 1. The van der Waals surface area contributed by atoms with Crippen LogP contribution in [0.1, 0.15) is 35.2 Å². The van der Waals surface area contributed by atoms with Gasteiger partial charge in [-0.05, 0) is 53.2 Å². The van der Waals surface area contributed by atoms with E-state index in [1.165, 1.54) is 12.1 Å². The molecule has 1 N–H and O–H groups in total. The van der Waals surface area contributed by atoms with Crippen molar-refractivity contribution in [2.24, 2.45) is 5.92 Å². The standard InChI is InChI=1S/C13H11BrF3NO/c14-10-8(2-1-3-9(10)13(15,16)17)11(19)18-12-4-7(5-12)6-12/h1-3,7H,4-6H2,(H,18,19). The first-order chi connectivity index (χ1) is 8.81. The maximum absolute atomic E-state index is 12.8. The average Bonchev–Trinajstić information content (AvgIpc) is 2.20. The molecule has 0 spiro atoms. The number of nitrogens with one attached hydrogen (secondary N) is 1. The molecule has 3 saturated carbocycles. The van der Waals surface area contributed by atoms with Crippen LogP contribution in [-0.4, -0.2) is 11.4 Å². The first kappa shape index (κ1) is 13.0. The lowest BCUT2D eigenvalue weighted by Gasteiger charge is -2.61. The monoisotopic (exact) mass is 333 g/mol. The van der Waals surface area contributed by atoms with Crippen LogP contribution in [-0.2, 0) is 6.18 Å². The van der Waals surface area contributed by atoms with E-state index >= 15 is 0 Å². The van der Waals surface area contributed by atoms with Gasteiger partial charge in [0, 0.05) is 10.0 Å². The van der Waals surface area contributed by atoms with Crippen LogP contribution in [0, 0.1) is 5.92 Å². The summed E-state index contributed by atoms with van der Waals surface area (Å²) in [5.74, 6) is 0.265. The van der Waals surface area contributed by atoms with E-state index in [2.05, 4.69) is 21.2 Å². The highest BCUT2D eigenvalue weighted by atomic mass is 79.9. The zero-order chi connectivity index (χ0) is 13.8. The average molecular weight is 334 g/mol. The van der Waals surface area contributed by atoms with Crippen molar-refractivity contribution in [2.75, 3.05) is 0 Å². The van der Waals surface area contributed by atoms with Gasteiger partial charge in [-0.25, -0.2) is 0 Å². The number of carbonyl (C=O) groups is 1. The quantitative estimate of drug-likeness (QED) is 0.877. The highest BCUT2D eigenvalue weighted by Crippen LogP contribution is 2.57. The van der Waals surface area contributed by atoms with Gasteiger partial charge < -0.3 is 5.32 Å². The largest absolute Gasteiger partial charge is 0.417 e. The SMILES string of the molecule is O=C(NC12CC(C1)C2)c1cccc(C(F)(F)F)c1Br. The lowest BCUT2D eigenvalue weighted by Crippen LogP contribution is -2.68. The number of hydrogen-bond acceptors (Lipinski definition) is 1. The summed E-state index contributed by atoms with van der Waals surface area (Å²) in [6.07, 6.45) is -1.61. The lowest BCUT2D eigenvalue weighted by atomic mass is 9.50. The van der Waals surface area contributed by atoms with Crippen molar-refractivity contribution in [3.63, 3.8) is 0 Å². The van der Waals surface area contributed by atoms with Crippen molar-refractivity contribution in [1.29, 1.82) is 0 Å². The molecule has 6 heteroatoms. The highest BCUT2D eigenvalue weighted by molar-refractivity contribution is 9.10. The molecule has 1 aromatic rings. The van der Waals surface area contributed by atoms with Crippen LogP contribution in [0.3, 0.4) is 0 Å². The normalized spacial score (nSPS) is 28.3. The van der Waals surface area contributed by atoms with E-state index in [1.54, 1.807) is 0 Å². The van der Waals surface area contributed by atoms with E-state index < -0.39 is 17.6 Å². The van der Waals surface area contributed by atoms with Gasteiger partial charge in [0.05, 0.1) is 11.1 Å². The third-order valence-corrected chi connectivity index (χ3v) is 4.82. The fourth-order valence-electron chi connectivity index (χ4n) is 2.87. The second kappa shape index (κ2) is 3.98. The van der Waals surface area contributed by atoms with Crippen molar-refractivity contribution < 1.29 is 18.0 Å². The zero-order valence-electron chi connectivity index (χ0n) is 9.85. The Bertz CT molecular complexity index is 538. The zero-order valence-corrected chi connectivity index (χ0v) is 11.4. The molecule has 1 amide bonds. The molecule has 0 aromatic heterocycles. The minimum absolute atomic E-state index is 0.0413. The number of hydrogen-bond donors (Lipinski definition) is 1. The van der Waals surface area contributed by atoms with E-state index in [1.807, 2.05) is 0 Å². The van der Waals surface area contributed by atoms with E-state index in [0.29, 0.717) is 5.92 Å². The van der Waals surface area contributed by atoms with E-state index in [4.69, 9.17) is 0 Å². The van der Waals surface area contributed by atoms with Crippen LogP contribution in [0.5, 0.6) is 0 Å². The number of halogens is 4. The summed E-state index contributed by atoms with van der Waals surface area (Å²) in [6.45, 7) is 0. The van der Waals surface area contributed by atoms with Gasteiger partial charge >= 0.3 is 6.18 Å². The lowest BCUT2D eigenvalue weighted by molar-refractivity contribution is -0.138. The third kappa shape index (κ3) is 2.06. The molecular formula is C13H11BrF3NO. The summed E-state index contributed by atoms with van der Waals surface area (Å²) in [7, 11) is 0. The third-order valence-electron chi connectivity index (χ3n) is 3.97. The van der Waals surface area contributed by atoms with Crippen LogP contribution >= 0.6 is 15.9 Å². The maximum atomic E-state index is 12.8. The van der Waals surface area contributed by atoms with Crippen molar-refractivity contribution in [2.45, 2.75) is 31.0 Å². The molecule has 1 aromatic carbocycles. The van der Waals surface area contributed by atoms with Crippen LogP contribution in [0.25, 0.3) is 0 Å². The van der Waals surface area contributed by atoms with Crippen molar-refractivity contribution in [1.82, 2.24) is 5.32 Å². The minimum Gasteiger partial charge on any atom is -0.347 e. The number of rotatable bonds is 2. The Labute approximate surface area is 116 Å². The molecule has 0 radical (unpaired) electrons. The molecular weight excluding hydrogens is 323 g/mol. The molecule has 2 bridgehead atoms. The van der Waals surface area contributed by atoms with Gasteiger partial charge in [0.15, 0.2) is 0 Å². The van der Waals surface area contributed by atoms with Gasteiger partial charge in [0.2, 0.25) is 0 Å². The predicted molar refractivity (Wildman–Crippen MR) is 66.7 cm³/mol. The van der Waals surface area contributed by atoms with Crippen molar-refractivity contribution >= 4 is 21.8 Å². The molecule has 2 nitrogen and oxygen atoms in total. The second-order valence-corrected chi connectivity index (χ2v) is 6.17. The summed E-state index contributed by atoms with van der Waals surface area (Å²) < 4.78 is 38.1. The summed E-state index contributed by atoms with van der Waals surface area (Å²) in [5.41, 5.74) is -0.924.